The van der Waals surface area contributed by atoms with Gasteiger partial charge in [-0.25, -0.2) is 0 Å². The van der Waals surface area contributed by atoms with Gasteiger partial charge in [0.15, 0.2) is 5.15 Å². The maximum atomic E-state index is 11.4. The van der Waals surface area contributed by atoms with E-state index in [0.29, 0.717) is 10.8 Å². The zero-order chi connectivity index (χ0) is 18.4. The zero-order valence-electron chi connectivity index (χ0n) is 14.3. The Kier molecular flexibility index (Phi) is 3.89. The second-order valence-corrected chi connectivity index (χ2v) is 6.70. The molecule has 0 aliphatic heterocycles. The van der Waals surface area contributed by atoms with Crippen molar-refractivity contribution in [3.05, 3.63) is 58.9 Å². The lowest BCUT2D eigenvalue weighted by atomic mass is 10.0. The lowest BCUT2D eigenvalue weighted by Gasteiger charge is -2.08. The molecular weight excluding hydrogens is 350 g/mol. The van der Waals surface area contributed by atoms with Crippen LogP contribution in [0.5, 0.6) is 0 Å². The molecule has 0 spiro atoms. The Balaban J connectivity index is 2.13. The van der Waals surface area contributed by atoms with Gasteiger partial charge < -0.3 is 9.67 Å². The average Bonchev–Trinajstić information content (AvgIpc) is 2.87. The van der Waals surface area contributed by atoms with E-state index in [4.69, 9.17) is 11.6 Å². The van der Waals surface area contributed by atoms with E-state index in [2.05, 4.69) is 16.3 Å². The Bertz CT molecular complexity index is 1180. The van der Waals surface area contributed by atoms with E-state index < -0.39 is 5.97 Å². The van der Waals surface area contributed by atoms with Gasteiger partial charge in [-0.3, -0.25) is 4.79 Å². The number of fused-ring (bicyclic) bond motifs is 2. The SMILES string of the molecule is Cc1ccc2c(c1)c(-c1nnc(Cl)c3ccccc13)c(C)n2CC(=O)O. The molecule has 4 rings (SSSR count). The number of aliphatic carboxylic acids is 1. The van der Waals surface area contributed by atoms with E-state index in [-0.39, 0.29) is 6.54 Å². The van der Waals surface area contributed by atoms with Crippen LogP contribution in [0.3, 0.4) is 0 Å². The summed E-state index contributed by atoms with van der Waals surface area (Å²) in [7, 11) is 0. The molecule has 2 aromatic carbocycles. The molecule has 0 saturated heterocycles. The molecule has 2 aromatic heterocycles. The van der Waals surface area contributed by atoms with Crippen molar-refractivity contribution in [2.24, 2.45) is 0 Å². The van der Waals surface area contributed by atoms with Crippen LogP contribution in [0.25, 0.3) is 32.9 Å². The van der Waals surface area contributed by atoms with Gasteiger partial charge in [-0.05, 0) is 26.0 Å². The maximum absolute atomic E-state index is 11.4. The monoisotopic (exact) mass is 365 g/mol. The lowest BCUT2D eigenvalue weighted by Crippen LogP contribution is -2.10. The van der Waals surface area contributed by atoms with E-state index in [1.807, 2.05) is 50.2 Å². The second-order valence-electron chi connectivity index (χ2n) is 6.35. The highest BCUT2D eigenvalue weighted by molar-refractivity contribution is 6.34. The summed E-state index contributed by atoms with van der Waals surface area (Å²) in [6.07, 6.45) is 0. The summed E-state index contributed by atoms with van der Waals surface area (Å²) in [6.45, 7) is 3.82. The van der Waals surface area contributed by atoms with Crippen molar-refractivity contribution >= 4 is 39.2 Å². The molecule has 5 nitrogen and oxygen atoms in total. The first kappa shape index (κ1) is 16.5. The van der Waals surface area contributed by atoms with Crippen molar-refractivity contribution in [3.8, 4) is 11.3 Å². The fourth-order valence-electron chi connectivity index (χ4n) is 3.49. The minimum Gasteiger partial charge on any atom is -0.480 e. The Hall–Kier alpha value is -2.92. The number of hydrogen-bond acceptors (Lipinski definition) is 3. The van der Waals surface area contributed by atoms with Crippen LogP contribution < -0.4 is 0 Å². The van der Waals surface area contributed by atoms with Crippen molar-refractivity contribution in [2.75, 3.05) is 0 Å². The molecule has 0 aliphatic rings. The molecule has 0 unspecified atom stereocenters. The quantitative estimate of drug-likeness (QED) is 0.575. The van der Waals surface area contributed by atoms with Crippen LogP contribution >= 0.6 is 11.6 Å². The fourth-order valence-corrected chi connectivity index (χ4v) is 3.69. The predicted molar refractivity (Wildman–Crippen MR) is 103 cm³/mol. The standard InChI is InChI=1S/C20H16ClN3O2/c1-11-7-8-16-15(9-11)18(12(2)24(16)10-17(25)26)19-13-5-3-4-6-14(13)20(21)23-22-19/h3-9H,10H2,1-2H3,(H,25,26). The third-order valence-electron chi connectivity index (χ3n) is 4.65. The number of rotatable bonds is 3. The fraction of sp³-hybridized carbons (Fsp3) is 0.150. The van der Waals surface area contributed by atoms with Crippen molar-refractivity contribution < 1.29 is 9.90 Å². The molecule has 0 atom stereocenters. The highest BCUT2D eigenvalue weighted by Gasteiger charge is 2.21. The molecule has 0 amide bonds. The molecule has 26 heavy (non-hydrogen) atoms. The first-order chi connectivity index (χ1) is 12.5. The average molecular weight is 366 g/mol. The number of carbonyl (C=O) groups is 1. The maximum Gasteiger partial charge on any atom is 0.323 e. The molecule has 0 aliphatic carbocycles. The zero-order valence-corrected chi connectivity index (χ0v) is 15.1. The van der Waals surface area contributed by atoms with Crippen molar-refractivity contribution in [3.63, 3.8) is 0 Å². The summed E-state index contributed by atoms with van der Waals surface area (Å²) < 4.78 is 1.80. The molecule has 1 N–H and O–H groups in total. The molecule has 4 aromatic rings. The number of aryl methyl sites for hydroxylation is 1. The van der Waals surface area contributed by atoms with Crippen molar-refractivity contribution in [1.29, 1.82) is 0 Å². The van der Waals surface area contributed by atoms with E-state index >= 15 is 0 Å². The van der Waals surface area contributed by atoms with E-state index in [1.165, 1.54) is 0 Å². The summed E-state index contributed by atoms with van der Waals surface area (Å²) in [5, 5.41) is 20.8. The minimum absolute atomic E-state index is 0.107. The largest absolute Gasteiger partial charge is 0.480 e. The summed E-state index contributed by atoms with van der Waals surface area (Å²) in [6, 6.07) is 13.7. The predicted octanol–water partition coefficient (Wildman–Crippen LogP) is 4.61. The number of benzene rings is 2. The second kappa shape index (κ2) is 6.11. The molecule has 0 bridgehead atoms. The smallest absolute Gasteiger partial charge is 0.323 e. The van der Waals surface area contributed by atoms with Gasteiger partial charge in [-0.1, -0.05) is 47.5 Å². The number of hydrogen-bond donors (Lipinski definition) is 1. The van der Waals surface area contributed by atoms with Gasteiger partial charge in [0.2, 0.25) is 0 Å². The Morgan fingerprint density at radius 1 is 1.08 bits per heavy atom. The van der Waals surface area contributed by atoms with E-state index in [0.717, 1.165) is 38.5 Å². The van der Waals surface area contributed by atoms with Gasteiger partial charge in [0.05, 0.1) is 0 Å². The van der Waals surface area contributed by atoms with Crippen LogP contribution in [0, 0.1) is 13.8 Å². The van der Waals surface area contributed by atoms with Gasteiger partial charge in [-0.2, -0.15) is 0 Å². The number of nitrogens with zero attached hydrogens (tertiary/aromatic N) is 3. The van der Waals surface area contributed by atoms with Crippen LogP contribution in [0.1, 0.15) is 11.3 Å². The molecule has 0 saturated carbocycles. The lowest BCUT2D eigenvalue weighted by molar-refractivity contribution is -0.137. The first-order valence-corrected chi connectivity index (χ1v) is 8.57. The van der Waals surface area contributed by atoms with Crippen LogP contribution in [-0.4, -0.2) is 25.8 Å². The van der Waals surface area contributed by atoms with Gasteiger partial charge in [0.1, 0.15) is 12.2 Å². The number of carboxylic acids is 1. The van der Waals surface area contributed by atoms with Gasteiger partial charge >= 0.3 is 5.97 Å². The molecular formula is C20H16ClN3O2. The molecule has 6 heteroatoms. The summed E-state index contributed by atoms with van der Waals surface area (Å²) >= 11 is 6.22. The molecule has 130 valence electrons. The Morgan fingerprint density at radius 2 is 1.81 bits per heavy atom. The Labute approximate surface area is 154 Å². The normalized spacial score (nSPS) is 11.3. The number of halogens is 1. The number of carboxylic acid groups (broad SMARTS) is 1. The number of aromatic nitrogens is 3. The molecule has 0 radical (unpaired) electrons. The van der Waals surface area contributed by atoms with Crippen LogP contribution in [0.15, 0.2) is 42.5 Å². The van der Waals surface area contributed by atoms with Crippen molar-refractivity contribution in [2.45, 2.75) is 20.4 Å². The third-order valence-corrected chi connectivity index (χ3v) is 4.93. The Morgan fingerprint density at radius 3 is 2.54 bits per heavy atom. The van der Waals surface area contributed by atoms with Crippen LogP contribution in [0.4, 0.5) is 0 Å². The topological polar surface area (TPSA) is 68.0 Å². The summed E-state index contributed by atoms with van der Waals surface area (Å²) in [4.78, 5) is 11.4. The highest BCUT2D eigenvalue weighted by Crippen LogP contribution is 2.38. The highest BCUT2D eigenvalue weighted by atomic mass is 35.5. The first-order valence-electron chi connectivity index (χ1n) is 8.20. The van der Waals surface area contributed by atoms with E-state index in [9.17, 15) is 9.90 Å². The van der Waals surface area contributed by atoms with Gasteiger partial charge in [0.25, 0.3) is 0 Å². The molecule has 2 heterocycles. The van der Waals surface area contributed by atoms with Gasteiger partial charge in [-0.15, -0.1) is 10.2 Å². The van der Waals surface area contributed by atoms with Crippen molar-refractivity contribution in [1.82, 2.24) is 14.8 Å². The summed E-state index contributed by atoms with van der Waals surface area (Å²) in [5.41, 5.74) is 4.41. The van der Waals surface area contributed by atoms with Gasteiger partial charge in [0, 0.05) is 32.9 Å². The molecule has 0 fully saturated rings. The van der Waals surface area contributed by atoms with E-state index in [1.54, 1.807) is 4.57 Å². The summed E-state index contributed by atoms with van der Waals surface area (Å²) in [5.74, 6) is -0.885. The van der Waals surface area contributed by atoms with Crippen LogP contribution in [0.2, 0.25) is 5.15 Å². The third kappa shape index (κ3) is 2.52. The minimum atomic E-state index is -0.885. The van der Waals surface area contributed by atoms with Crippen LogP contribution in [-0.2, 0) is 11.3 Å².